The molecule has 1 fully saturated rings. The largest absolute Gasteiger partial charge is 0.494 e. The summed E-state index contributed by atoms with van der Waals surface area (Å²) >= 11 is 0. The Morgan fingerprint density at radius 1 is 1.08 bits per heavy atom. The normalized spacial score (nSPS) is 15.1. The number of amides is 1. The number of aromatic amines is 1. The molecule has 1 aliphatic heterocycles. The van der Waals surface area contributed by atoms with Crippen molar-refractivity contribution in [1.82, 2.24) is 35.0 Å². The second kappa shape index (κ2) is 10.6. The summed E-state index contributed by atoms with van der Waals surface area (Å²) in [6.45, 7) is 4.68. The first-order chi connectivity index (χ1) is 19.1. The Kier molecular flexibility index (Phi) is 6.68. The van der Waals surface area contributed by atoms with E-state index in [9.17, 15) is 9.59 Å². The van der Waals surface area contributed by atoms with E-state index < -0.39 is 6.04 Å². The number of benzene rings is 1. The second-order valence-electron chi connectivity index (χ2n) is 9.22. The second-order valence-corrected chi connectivity index (χ2v) is 9.22. The van der Waals surface area contributed by atoms with Crippen LogP contribution in [-0.2, 0) is 6.54 Å². The molecule has 12 nitrogen and oxygen atoms in total. The summed E-state index contributed by atoms with van der Waals surface area (Å²) < 4.78 is 18.1. The van der Waals surface area contributed by atoms with E-state index in [1.165, 1.54) is 6.26 Å². The molecule has 0 radical (unpaired) electrons. The van der Waals surface area contributed by atoms with Gasteiger partial charge < -0.3 is 23.5 Å². The molecule has 4 aromatic heterocycles. The Labute approximate surface area is 222 Å². The Bertz CT molecular complexity index is 1620. The van der Waals surface area contributed by atoms with Gasteiger partial charge in [0.1, 0.15) is 24.1 Å². The van der Waals surface area contributed by atoms with E-state index in [2.05, 4.69) is 25.4 Å². The number of tetrazole rings is 1. The lowest BCUT2D eigenvalue weighted by Gasteiger charge is -2.38. The van der Waals surface area contributed by atoms with E-state index in [0.29, 0.717) is 73.5 Å². The molecule has 1 N–H and O–H groups in total. The van der Waals surface area contributed by atoms with Crippen LogP contribution in [-0.4, -0.2) is 73.7 Å². The number of hydrogen-bond donors (Lipinski definition) is 1. The van der Waals surface area contributed by atoms with Gasteiger partial charge in [-0.15, -0.1) is 5.10 Å². The van der Waals surface area contributed by atoms with Crippen molar-refractivity contribution in [3.63, 3.8) is 0 Å². The van der Waals surface area contributed by atoms with Crippen molar-refractivity contribution in [2.24, 2.45) is 0 Å². The first kappa shape index (κ1) is 24.6. The number of pyridine rings is 1. The van der Waals surface area contributed by atoms with E-state index in [1.54, 1.807) is 34.0 Å². The maximum Gasteiger partial charge on any atom is 0.289 e. The highest BCUT2D eigenvalue weighted by Crippen LogP contribution is 2.29. The third-order valence-electron chi connectivity index (χ3n) is 6.84. The quantitative estimate of drug-likeness (QED) is 0.322. The van der Waals surface area contributed by atoms with Crippen LogP contribution >= 0.6 is 0 Å². The van der Waals surface area contributed by atoms with Gasteiger partial charge in [0.05, 0.1) is 19.1 Å². The van der Waals surface area contributed by atoms with Crippen LogP contribution in [0.25, 0.3) is 10.9 Å². The number of rotatable bonds is 8. The Balaban J connectivity index is 1.37. The van der Waals surface area contributed by atoms with Crippen molar-refractivity contribution < 1.29 is 18.4 Å². The molecule has 5 heterocycles. The van der Waals surface area contributed by atoms with Gasteiger partial charge in [-0.3, -0.25) is 14.5 Å². The Morgan fingerprint density at radius 2 is 1.90 bits per heavy atom. The topological polar surface area (TPSA) is 136 Å². The number of carbonyl (C=O) groups is 1. The number of ether oxygens (including phenoxy) is 1. The number of furan rings is 2. The molecule has 1 aromatic carbocycles. The van der Waals surface area contributed by atoms with Gasteiger partial charge in [-0.25, -0.2) is 4.68 Å². The van der Waals surface area contributed by atoms with Crippen LogP contribution in [0.4, 0.5) is 0 Å². The molecule has 0 bridgehead atoms. The number of carbonyl (C=O) groups excluding carboxylic acids is 1. The monoisotopic (exact) mass is 529 g/mol. The lowest BCUT2D eigenvalue weighted by molar-refractivity contribution is 0.0558. The van der Waals surface area contributed by atoms with E-state index in [-0.39, 0.29) is 11.5 Å². The third-order valence-corrected chi connectivity index (χ3v) is 6.84. The number of fused-ring (bicyclic) bond motifs is 1. The molecular weight excluding hydrogens is 502 g/mol. The maximum absolute atomic E-state index is 13.5. The molecule has 0 unspecified atom stereocenters. The number of aromatic nitrogens is 5. The third kappa shape index (κ3) is 4.93. The first-order valence-corrected chi connectivity index (χ1v) is 12.8. The summed E-state index contributed by atoms with van der Waals surface area (Å²) in [6, 6.07) is 13.9. The van der Waals surface area contributed by atoms with Crippen LogP contribution in [0.15, 0.2) is 74.7 Å². The summed E-state index contributed by atoms with van der Waals surface area (Å²) in [6.07, 6.45) is 3.08. The highest BCUT2D eigenvalue weighted by atomic mass is 16.5. The minimum absolute atomic E-state index is 0.161. The van der Waals surface area contributed by atoms with Gasteiger partial charge in [0.25, 0.3) is 11.5 Å². The molecule has 1 aliphatic rings. The van der Waals surface area contributed by atoms with Gasteiger partial charge in [-0.1, -0.05) is 0 Å². The standard InChI is InChI=1S/C27H27N7O5/c1-2-37-19-7-8-22-18(15-19)16-21(26(35)28-22)24(25-29-30-31-34(25)17-20-5-3-13-38-20)32-9-11-33(12-10-32)27(36)23-6-4-14-39-23/h3-8,13-16,24H,2,9-12,17H2,1H3,(H,28,35)/t24-/m0/s1. The van der Waals surface area contributed by atoms with Gasteiger partial charge in [-0.2, -0.15) is 0 Å². The summed E-state index contributed by atoms with van der Waals surface area (Å²) in [4.78, 5) is 33.2. The van der Waals surface area contributed by atoms with E-state index in [4.69, 9.17) is 13.6 Å². The van der Waals surface area contributed by atoms with Crippen molar-refractivity contribution >= 4 is 16.8 Å². The molecule has 0 aliphatic carbocycles. The van der Waals surface area contributed by atoms with Crippen molar-refractivity contribution in [2.75, 3.05) is 32.8 Å². The highest BCUT2D eigenvalue weighted by Gasteiger charge is 2.34. The molecule has 0 spiro atoms. The van der Waals surface area contributed by atoms with Gasteiger partial charge >= 0.3 is 0 Å². The molecule has 0 saturated carbocycles. The Morgan fingerprint density at radius 3 is 2.64 bits per heavy atom. The zero-order chi connectivity index (χ0) is 26.8. The van der Waals surface area contributed by atoms with Crippen LogP contribution in [0.5, 0.6) is 5.75 Å². The summed E-state index contributed by atoms with van der Waals surface area (Å²) in [7, 11) is 0. The summed E-state index contributed by atoms with van der Waals surface area (Å²) in [5.74, 6) is 2.05. The van der Waals surface area contributed by atoms with Crippen LogP contribution in [0.3, 0.4) is 0 Å². The lowest BCUT2D eigenvalue weighted by atomic mass is 10.0. The zero-order valence-electron chi connectivity index (χ0n) is 21.3. The Hall–Kier alpha value is -4.71. The van der Waals surface area contributed by atoms with Crippen molar-refractivity contribution in [2.45, 2.75) is 19.5 Å². The van der Waals surface area contributed by atoms with Gasteiger partial charge in [0.2, 0.25) is 0 Å². The van der Waals surface area contributed by atoms with Gasteiger partial charge in [-0.05, 0) is 65.9 Å². The molecule has 12 heteroatoms. The number of nitrogens with zero attached hydrogens (tertiary/aromatic N) is 6. The first-order valence-electron chi connectivity index (χ1n) is 12.8. The average Bonchev–Trinajstić information content (AvgIpc) is 3.74. The van der Waals surface area contributed by atoms with Gasteiger partial charge in [0.15, 0.2) is 11.6 Å². The summed E-state index contributed by atoms with van der Waals surface area (Å²) in [5, 5.41) is 13.3. The zero-order valence-corrected chi connectivity index (χ0v) is 21.3. The molecule has 1 amide bonds. The fraction of sp³-hybridized carbons (Fsp3) is 0.296. The molecule has 200 valence electrons. The van der Waals surface area contributed by atoms with Crippen LogP contribution in [0, 0.1) is 0 Å². The van der Waals surface area contributed by atoms with Crippen LogP contribution in [0.2, 0.25) is 0 Å². The van der Waals surface area contributed by atoms with E-state index in [1.807, 2.05) is 37.3 Å². The lowest BCUT2D eigenvalue weighted by Crippen LogP contribution is -2.50. The molecular formula is C27H27N7O5. The predicted octanol–water partition coefficient (Wildman–Crippen LogP) is 2.70. The fourth-order valence-corrected chi connectivity index (χ4v) is 4.97. The fourth-order valence-electron chi connectivity index (χ4n) is 4.97. The smallest absolute Gasteiger partial charge is 0.289 e. The molecule has 39 heavy (non-hydrogen) atoms. The molecule has 1 atom stereocenters. The van der Waals surface area contributed by atoms with Crippen molar-refractivity contribution in [3.05, 3.63) is 94.3 Å². The minimum Gasteiger partial charge on any atom is -0.494 e. The molecule has 6 rings (SSSR count). The minimum atomic E-state index is -0.570. The number of hydrogen-bond acceptors (Lipinski definition) is 9. The van der Waals surface area contributed by atoms with Gasteiger partial charge in [0, 0.05) is 42.6 Å². The van der Waals surface area contributed by atoms with Crippen LogP contribution < -0.4 is 10.3 Å². The predicted molar refractivity (Wildman–Crippen MR) is 139 cm³/mol. The van der Waals surface area contributed by atoms with Crippen LogP contribution in [0.1, 0.15) is 40.7 Å². The number of H-pyrrole nitrogens is 1. The summed E-state index contributed by atoms with van der Waals surface area (Å²) in [5.41, 5.74) is 0.964. The molecule has 1 saturated heterocycles. The highest BCUT2D eigenvalue weighted by molar-refractivity contribution is 5.91. The van der Waals surface area contributed by atoms with Crippen molar-refractivity contribution in [1.29, 1.82) is 0 Å². The molecule has 5 aromatic rings. The number of nitrogens with one attached hydrogen (secondary N) is 1. The average molecular weight is 530 g/mol. The van der Waals surface area contributed by atoms with Crippen molar-refractivity contribution in [3.8, 4) is 5.75 Å². The number of piperazine rings is 1. The van der Waals surface area contributed by atoms with E-state index in [0.717, 1.165) is 5.39 Å². The van der Waals surface area contributed by atoms with E-state index >= 15 is 0 Å². The SMILES string of the molecule is CCOc1ccc2[nH]c(=O)c([C@@H](c3nnnn3Cc3ccco3)N3CCN(C(=O)c4ccco4)CC3)cc2c1. The maximum atomic E-state index is 13.5.